The van der Waals surface area contributed by atoms with E-state index in [1.807, 2.05) is 13.1 Å². The van der Waals surface area contributed by atoms with Crippen molar-refractivity contribution in [1.82, 2.24) is 5.32 Å². The molecule has 0 bridgehead atoms. The molecule has 1 N–H and O–H groups in total. The Labute approximate surface area is 96.3 Å². The van der Waals surface area contributed by atoms with Crippen molar-refractivity contribution < 1.29 is 4.42 Å². The summed E-state index contributed by atoms with van der Waals surface area (Å²) in [7, 11) is 1.98. The molecule has 0 aliphatic rings. The number of likely N-dealkylation sites (N-methyl/N-ethyl adjacent to an activating group) is 1. The summed E-state index contributed by atoms with van der Waals surface area (Å²) < 4.78 is 5.12. The van der Waals surface area contributed by atoms with Crippen molar-refractivity contribution in [2.45, 2.75) is 19.4 Å². The van der Waals surface area contributed by atoms with Gasteiger partial charge in [-0.3, -0.25) is 0 Å². The van der Waals surface area contributed by atoms with E-state index in [0.29, 0.717) is 6.04 Å². The van der Waals surface area contributed by atoms with Gasteiger partial charge in [0.15, 0.2) is 0 Å². The van der Waals surface area contributed by atoms with Crippen LogP contribution in [-0.2, 0) is 6.42 Å². The second kappa shape index (κ2) is 4.99. The minimum Gasteiger partial charge on any atom is -0.472 e. The number of hydrogen-bond donors (Lipinski definition) is 1. The topological polar surface area (TPSA) is 25.2 Å². The Kier molecular flexibility index (Phi) is 3.42. The second-order valence-corrected chi connectivity index (χ2v) is 4.09. The van der Waals surface area contributed by atoms with E-state index in [-0.39, 0.29) is 0 Å². The van der Waals surface area contributed by atoms with E-state index in [0.717, 1.165) is 6.42 Å². The summed E-state index contributed by atoms with van der Waals surface area (Å²) in [6, 6.07) is 10.9. The van der Waals surface area contributed by atoms with Gasteiger partial charge in [0.05, 0.1) is 12.5 Å². The van der Waals surface area contributed by atoms with Crippen LogP contribution in [0.15, 0.2) is 47.3 Å². The summed E-state index contributed by atoms with van der Waals surface area (Å²) in [6.45, 7) is 2.12. The average Bonchev–Trinajstić information content (AvgIpc) is 2.79. The van der Waals surface area contributed by atoms with Gasteiger partial charge < -0.3 is 9.73 Å². The third-order valence-corrected chi connectivity index (χ3v) is 2.82. The van der Waals surface area contributed by atoms with Crippen molar-refractivity contribution >= 4 is 0 Å². The fraction of sp³-hybridized carbons (Fsp3) is 0.286. The molecule has 1 aromatic carbocycles. The quantitative estimate of drug-likeness (QED) is 0.847. The molecule has 0 spiro atoms. The zero-order valence-electron chi connectivity index (χ0n) is 9.73. The molecule has 16 heavy (non-hydrogen) atoms. The van der Waals surface area contributed by atoms with Crippen molar-refractivity contribution in [3.8, 4) is 0 Å². The molecule has 1 heterocycles. The van der Waals surface area contributed by atoms with Crippen molar-refractivity contribution in [2.24, 2.45) is 0 Å². The highest BCUT2D eigenvalue weighted by molar-refractivity contribution is 5.25. The minimum absolute atomic E-state index is 0.320. The molecule has 0 aliphatic heterocycles. The Bertz CT molecular complexity index is 434. The van der Waals surface area contributed by atoms with E-state index < -0.39 is 0 Å². The fourth-order valence-electron chi connectivity index (χ4n) is 1.93. The number of nitrogens with one attached hydrogen (secondary N) is 1. The Morgan fingerprint density at radius 3 is 2.81 bits per heavy atom. The van der Waals surface area contributed by atoms with Crippen molar-refractivity contribution in [3.63, 3.8) is 0 Å². The first kappa shape index (κ1) is 11.0. The van der Waals surface area contributed by atoms with E-state index in [1.54, 1.807) is 12.5 Å². The molecule has 0 saturated heterocycles. The Balaban J connectivity index is 2.13. The zero-order valence-corrected chi connectivity index (χ0v) is 9.73. The average molecular weight is 215 g/mol. The van der Waals surface area contributed by atoms with Gasteiger partial charge in [0.1, 0.15) is 0 Å². The number of aryl methyl sites for hydroxylation is 1. The van der Waals surface area contributed by atoms with Crippen molar-refractivity contribution in [3.05, 3.63) is 59.5 Å². The van der Waals surface area contributed by atoms with Crippen LogP contribution in [0.3, 0.4) is 0 Å². The third-order valence-electron chi connectivity index (χ3n) is 2.82. The summed E-state index contributed by atoms with van der Waals surface area (Å²) in [5, 5.41) is 3.31. The van der Waals surface area contributed by atoms with Gasteiger partial charge in [-0.2, -0.15) is 0 Å². The van der Waals surface area contributed by atoms with Gasteiger partial charge in [-0.15, -0.1) is 0 Å². The molecule has 2 heteroatoms. The lowest BCUT2D eigenvalue weighted by Gasteiger charge is -2.14. The number of rotatable bonds is 4. The summed E-state index contributed by atoms with van der Waals surface area (Å²) in [5.41, 5.74) is 3.85. The molecule has 0 aliphatic carbocycles. The molecule has 84 valence electrons. The highest BCUT2D eigenvalue weighted by atomic mass is 16.3. The van der Waals surface area contributed by atoms with Crippen LogP contribution in [0.25, 0.3) is 0 Å². The van der Waals surface area contributed by atoms with Gasteiger partial charge in [0.2, 0.25) is 0 Å². The Hall–Kier alpha value is -1.54. The number of furan rings is 1. The summed E-state index contributed by atoms with van der Waals surface area (Å²) in [5.74, 6) is 0. The molecule has 1 unspecified atom stereocenters. The predicted molar refractivity (Wildman–Crippen MR) is 65.4 cm³/mol. The number of benzene rings is 1. The molecule has 0 radical (unpaired) electrons. The van der Waals surface area contributed by atoms with Gasteiger partial charge in [0.25, 0.3) is 0 Å². The van der Waals surface area contributed by atoms with Crippen LogP contribution in [0.4, 0.5) is 0 Å². The largest absolute Gasteiger partial charge is 0.472 e. The van der Waals surface area contributed by atoms with Gasteiger partial charge >= 0.3 is 0 Å². The lowest BCUT2D eigenvalue weighted by Crippen LogP contribution is -2.18. The monoisotopic (exact) mass is 215 g/mol. The standard InChI is InChI=1S/C14H17NO/c1-11-4-3-5-12(8-11)9-14(15-2)13-6-7-16-10-13/h3-8,10,14-15H,9H2,1-2H3. The van der Waals surface area contributed by atoms with Crippen LogP contribution in [0.5, 0.6) is 0 Å². The Morgan fingerprint density at radius 2 is 2.19 bits per heavy atom. The highest BCUT2D eigenvalue weighted by Gasteiger charge is 2.10. The van der Waals surface area contributed by atoms with Crippen LogP contribution in [0, 0.1) is 6.92 Å². The number of hydrogen-bond acceptors (Lipinski definition) is 2. The maximum atomic E-state index is 5.12. The van der Waals surface area contributed by atoms with Crippen LogP contribution in [0.1, 0.15) is 22.7 Å². The first-order valence-corrected chi connectivity index (χ1v) is 5.54. The van der Waals surface area contributed by atoms with Crippen LogP contribution in [0.2, 0.25) is 0 Å². The van der Waals surface area contributed by atoms with E-state index in [1.165, 1.54) is 16.7 Å². The first-order chi connectivity index (χ1) is 7.79. The molecule has 0 amide bonds. The molecule has 0 saturated carbocycles. The molecule has 2 nitrogen and oxygen atoms in total. The molecule has 2 aromatic rings. The SMILES string of the molecule is CNC(Cc1cccc(C)c1)c1ccoc1. The fourth-order valence-corrected chi connectivity index (χ4v) is 1.93. The maximum absolute atomic E-state index is 5.12. The smallest absolute Gasteiger partial charge is 0.0950 e. The van der Waals surface area contributed by atoms with Crippen LogP contribution >= 0.6 is 0 Å². The van der Waals surface area contributed by atoms with Gasteiger partial charge in [-0.1, -0.05) is 29.8 Å². The molecular weight excluding hydrogens is 198 g/mol. The molecule has 0 fully saturated rings. The van der Waals surface area contributed by atoms with Crippen molar-refractivity contribution in [1.29, 1.82) is 0 Å². The van der Waals surface area contributed by atoms with Gasteiger partial charge in [-0.25, -0.2) is 0 Å². The molecule has 2 rings (SSSR count). The predicted octanol–water partition coefficient (Wildman–Crippen LogP) is 3.09. The van der Waals surface area contributed by atoms with E-state index >= 15 is 0 Å². The summed E-state index contributed by atoms with van der Waals surface area (Å²) in [6.07, 6.45) is 4.50. The first-order valence-electron chi connectivity index (χ1n) is 5.54. The molecule has 1 atom stereocenters. The van der Waals surface area contributed by atoms with E-state index in [9.17, 15) is 0 Å². The van der Waals surface area contributed by atoms with Gasteiger partial charge in [0, 0.05) is 11.6 Å². The minimum atomic E-state index is 0.320. The lowest BCUT2D eigenvalue weighted by molar-refractivity contribution is 0.542. The highest BCUT2D eigenvalue weighted by Crippen LogP contribution is 2.18. The summed E-state index contributed by atoms with van der Waals surface area (Å²) in [4.78, 5) is 0. The maximum Gasteiger partial charge on any atom is 0.0950 e. The zero-order chi connectivity index (χ0) is 11.4. The molecular formula is C14H17NO. The van der Waals surface area contributed by atoms with Crippen LogP contribution in [-0.4, -0.2) is 7.05 Å². The normalized spacial score (nSPS) is 12.6. The summed E-state index contributed by atoms with van der Waals surface area (Å²) >= 11 is 0. The lowest BCUT2D eigenvalue weighted by atomic mass is 10.00. The second-order valence-electron chi connectivity index (χ2n) is 4.09. The van der Waals surface area contributed by atoms with Crippen molar-refractivity contribution in [2.75, 3.05) is 7.05 Å². The van der Waals surface area contributed by atoms with E-state index in [4.69, 9.17) is 4.42 Å². The molecule has 1 aromatic heterocycles. The van der Waals surface area contributed by atoms with E-state index in [2.05, 4.69) is 36.5 Å². The third kappa shape index (κ3) is 2.52. The van der Waals surface area contributed by atoms with Gasteiger partial charge in [-0.05, 0) is 32.0 Å². The Morgan fingerprint density at radius 1 is 1.31 bits per heavy atom. The van der Waals surface area contributed by atoms with Crippen LogP contribution < -0.4 is 5.32 Å².